The van der Waals surface area contributed by atoms with Crippen LogP contribution < -0.4 is 49.2 Å². The zero-order chi connectivity index (χ0) is 72.6. The maximum absolute atomic E-state index is 13.9. The number of carbonyl (C=O) groups is 2. The average Bonchev–Trinajstić information content (AvgIpc) is 1.45. The van der Waals surface area contributed by atoms with E-state index in [-0.39, 0.29) is 49.8 Å². The molecule has 17 rings (SSSR count). The number of hydrogen-bond donors (Lipinski definition) is 5. The van der Waals surface area contributed by atoms with Gasteiger partial charge in [0.2, 0.25) is 11.8 Å². The number of amides is 2. The van der Waals surface area contributed by atoms with E-state index in [4.69, 9.17) is 35.5 Å². The first-order valence-corrected chi connectivity index (χ1v) is 40.4. The first-order valence-electron chi connectivity index (χ1n) is 37.1. The highest BCUT2D eigenvalue weighted by molar-refractivity contribution is 7.90. The number of halogens is 1. The Morgan fingerprint density at radius 2 is 1.26 bits per heavy atom. The van der Waals surface area contributed by atoms with Crippen molar-refractivity contribution in [2.24, 2.45) is 45.3 Å². The number of carbonyl (C=O) groups excluding carboxylic acids is 2. The van der Waals surface area contributed by atoms with E-state index in [1.54, 1.807) is 47.3 Å². The van der Waals surface area contributed by atoms with Gasteiger partial charge in [-0.15, -0.1) is 10.2 Å². The summed E-state index contributed by atoms with van der Waals surface area (Å²) in [6, 6.07) is 35.1. The van der Waals surface area contributed by atoms with E-state index in [0.717, 1.165) is 80.9 Å². The lowest BCUT2D eigenvalue weighted by Crippen LogP contribution is -2.41. The molecule has 9 aliphatic rings. The van der Waals surface area contributed by atoms with Crippen molar-refractivity contribution in [1.82, 2.24) is 54.3 Å². The Morgan fingerprint density at radius 1 is 0.667 bits per heavy atom. The van der Waals surface area contributed by atoms with Gasteiger partial charge in [0.15, 0.2) is 44.8 Å². The number of benzene rings is 2. The predicted octanol–water partition coefficient (Wildman–Crippen LogP) is 12.7. The van der Waals surface area contributed by atoms with Crippen molar-refractivity contribution in [1.29, 1.82) is 0 Å². The molecular formula is C78H91ClN14O10S2. The van der Waals surface area contributed by atoms with Crippen LogP contribution in [0.1, 0.15) is 162 Å². The van der Waals surface area contributed by atoms with Gasteiger partial charge >= 0.3 is 0 Å². The third-order valence-electron chi connectivity index (χ3n) is 23.9. The lowest BCUT2D eigenvalue weighted by Gasteiger charge is -2.34. The molecule has 2 aromatic carbocycles. The van der Waals surface area contributed by atoms with Gasteiger partial charge in [0.05, 0.1) is 24.3 Å². The third-order valence-corrected chi connectivity index (χ3v) is 26.7. The number of pyridine rings is 4. The van der Waals surface area contributed by atoms with Crippen LogP contribution in [0.3, 0.4) is 0 Å². The summed E-state index contributed by atoms with van der Waals surface area (Å²) in [5, 5.41) is 18.5. The fourth-order valence-corrected chi connectivity index (χ4v) is 20.2. The first kappa shape index (κ1) is 70.5. The van der Waals surface area contributed by atoms with Crippen molar-refractivity contribution in [3.63, 3.8) is 0 Å². The van der Waals surface area contributed by atoms with E-state index >= 15 is 0 Å². The summed E-state index contributed by atoms with van der Waals surface area (Å²) in [5.74, 6) is 4.54. The van der Waals surface area contributed by atoms with Crippen molar-refractivity contribution >= 4 is 60.9 Å². The summed E-state index contributed by atoms with van der Waals surface area (Å²) in [5.41, 5.74) is 4.38. The minimum atomic E-state index is -4.40. The molecule has 552 valence electrons. The van der Waals surface area contributed by atoms with Gasteiger partial charge in [0.1, 0.15) is 24.2 Å². The Kier molecular flexibility index (Phi) is 18.4. The average molecular weight is 1480 g/mol. The highest BCUT2D eigenvalue weighted by Crippen LogP contribution is 2.94. The SMILES string of the molecule is CC1(C)C[C@@H]2CCCNc3nc(ccc3OCc3ccccc3)S(=O)(=O)NC(=O)c3ccc(-n4ccc(OCCC5C6(CC6)C56CC6)n4)nc3N1C2.CC1(C)C[C@H](CCCNc2nc(S(=O)(=O)NC(=O)c3ccc(-n4ccc(OCCC5C6(CC6)C56CC6)n4)nc3Cl)ccc2OCc2ccccc2)CN1. The Bertz CT molecular complexity index is 4790. The molecule has 6 aliphatic carbocycles. The van der Waals surface area contributed by atoms with E-state index < -0.39 is 31.9 Å². The van der Waals surface area contributed by atoms with Crippen LogP contribution in [0.15, 0.2) is 144 Å². The minimum Gasteiger partial charge on any atom is -0.485 e. The molecule has 6 saturated carbocycles. The van der Waals surface area contributed by atoms with E-state index in [0.29, 0.717) is 119 Å². The number of nitrogens with zero attached hydrogens (tertiary/aromatic N) is 9. The molecule has 5 N–H and O–H groups in total. The topological polar surface area (TPSA) is 290 Å². The molecule has 8 fully saturated rings. The van der Waals surface area contributed by atoms with Gasteiger partial charge in [-0.3, -0.25) is 9.59 Å². The number of anilines is 3. The van der Waals surface area contributed by atoms with E-state index in [9.17, 15) is 26.4 Å². The molecule has 8 aromatic rings. The number of sulfonamides is 2. The monoisotopic (exact) mass is 1480 g/mol. The standard InChI is InChI=1S/C39H46ClN7O5S.C39H45N7O5S/c1-37(2)23-27(24-42-37)9-6-20-41-35-29(52-25-26-7-4-3-5-8-26)11-13-33(44-35)53(49,50)46-36(48)28-10-12-31(43-34(28)40)47-21-14-32(45-47)51-22-15-30-38(16-17-38)39(30)18-19-39;1-37(2)23-27-9-6-20-40-34-29(51-25-26-7-4-3-5-8-26)11-13-33(42-34)52(48,49)44-36(47)28-10-12-31(41-35(28)45(37)24-27)46-21-14-32(43-46)50-22-15-30-38(16-17-38)39(30)18-19-39/h3-5,7-8,10-14,21,27,30,42H,6,9,15-20,22-25H2,1-2H3,(H,41,44)(H,46,48);3-5,7-8,10-14,21,27,30H,6,9,15-20,22-25H2,1-2H3,(H,40,42)(H,44,47)/t2*27-/m00/s1. The van der Waals surface area contributed by atoms with Crippen molar-refractivity contribution in [2.75, 3.05) is 54.9 Å². The fourth-order valence-electron chi connectivity index (χ4n) is 18.2. The number of nitrogens with one attached hydrogen (secondary N) is 5. The molecule has 2 atom stereocenters. The van der Waals surface area contributed by atoms with Crippen molar-refractivity contribution < 1.29 is 45.4 Å². The van der Waals surface area contributed by atoms with Gasteiger partial charge in [-0.1, -0.05) is 72.3 Å². The van der Waals surface area contributed by atoms with Crippen LogP contribution in [-0.2, 0) is 33.3 Å². The van der Waals surface area contributed by atoms with Gasteiger partial charge < -0.3 is 39.8 Å². The zero-order valence-electron chi connectivity index (χ0n) is 59.8. The smallest absolute Gasteiger partial charge is 0.281 e. The summed E-state index contributed by atoms with van der Waals surface area (Å²) < 4.78 is 86.0. The highest BCUT2D eigenvalue weighted by atomic mass is 35.5. The number of fused-ring (bicyclic) bond motifs is 8. The highest BCUT2D eigenvalue weighted by Gasteiger charge is 2.86. The molecule has 2 amide bonds. The van der Waals surface area contributed by atoms with Gasteiger partial charge in [-0.25, -0.2) is 38.7 Å². The molecule has 6 aromatic heterocycles. The lowest BCUT2D eigenvalue weighted by atomic mass is 9.93. The number of aromatic nitrogens is 8. The number of rotatable bonds is 24. The van der Waals surface area contributed by atoms with Crippen molar-refractivity contribution in [3.8, 4) is 34.9 Å². The Morgan fingerprint density at radius 3 is 1.85 bits per heavy atom. The van der Waals surface area contributed by atoms with Crippen LogP contribution in [0.2, 0.25) is 5.15 Å². The lowest BCUT2D eigenvalue weighted by molar-refractivity contribution is 0.0972. The third kappa shape index (κ3) is 14.4. The molecule has 0 radical (unpaired) electrons. The van der Waals surface area contributed by atoms with E-state index in [1.165, 1.54) is 74.2 Å². The molecule has 0 unspecified atom stereocenters. The summed E-state index contributed by atoms with van der Waals surface area (Å²) >= 11 is 6.43. The molecule has 4 spiro atoms. The maximum Gasteiger partial charge on any atom is 0.281 e. The fraction of sp³-hybridized carbons (Fsp3) is 0.487. The second-order valence-corrected chi connectivity index (χ2v) is 35.2. The van der Waals surface area contributed by atoms with Gasteiger partial charge in [0.25, 0.3) is 31.9 Å². The molecular weight excluding hydrogens is 1390 g/mol. The Balaban J connectivity index is 0.000000161. The van der Waals surface area contributed by atoms with E-state index in [1.807, 2.05) is 72.9 Å². The maximum atomic E-state index is 13.9. The molecule has 105 heavy (non-hydrogen) atoms. The zero-order valence-corrected chi connectivity index (χ0v) is 62.2. The van der Waals surface area contributed by atoms with Crippen molar-refractivity contribution in [3.05, 3.63) is 161 Å². The molecule has 4 bridgehead atoms. The van der Waals surface area contributed by atoms with Gasteiger partial charge in [0, 0.05) is 55.2 Å². The molecule has 3 aliphatic heterocycles. The quantitative estimate of drug-likeness (QED) is 0.0277. The van der Waals surface area contributed by atoms with Crippen LogP contribution in [0.5, 0.6) is 23.3 Å². The number of hydrogen-bond acceptors (Lipinski definition) is 20. The second-order valence-electron chi connectivity index (χ2n) is 31.6. The van der Waals surface area contributed by atoms with E-state index in [2.05, 4.69) is 83.1 Å². The Hall–Kier alpha value is -8.85. The summed E-state index contributed by atoms with van der Waals surface area (Å²) in [7, 11) is -8.76. The molecule has 2 saturated heterocycles. The second kappa shape index (κ2) is 27.5. The number of ether oxygens (including phenoxy) is 4. The Labute approximate surface area is 618 Å². The van der Waals surface area contributed by atoms with Crippen LogP contribution >= 0.6 is 11.6 Å². The van der Waals surface area contributed by atoms with Crippen molar-refractivity contribution in [2.45, 2.75) is 165 Å². The molecule has 27 heteroatoms. The minimum absolute atomic E-state index is 0.110. The molecule has 24 nitrogen and oxygen atoms in total. The van der Waals surface area contributed by atoms with Crippen LogP contribution in [0.4, 0.5) is 17.5 Å². The summed E-state index contributed by atoms with van der Waals surface area (Å²) in [6.45, 7) is 13.4. The van der Waals surface area contributed by atoms with Gasteiger partial charge in [-0.05, 0) is 242 Å². The van der Waals surface area contributed by atoms with Crippen LogP contribution in [0.25, 0.3) is 11.6 Å². The molecule has 9 heterocycles. The van der Waals surface area contributed by atoms with Gasteiger partial charge in [-0.2, -0.15) is 16.8 Å². The summed E-state index contributed by atoms with van der Waals surface area (Å²) in [6.07, 6.45) is 22.4. The van der Waals surface area contributed by atoms with Crippen LogP contribution in [-0.4, -0.2) is 119 Å². The summed E-state index contributed by atoms with van der Waals surface area (Å²) in [4.78, 5) is 47.5. The normalized spacial score (nSPS) is 21.7. The van der Waals surface area contributed by atoms with Crippen LogP contribution in [0, 0.1) is 45.3 Å². The predicted molar refractivity (Wildman–Crippen MR) is 396 cm³/mol. The first-order chi connectivity index (χ1) is 50.5. The largest absolute Gasteiger partial charge is 0.485 e.